The van der Waals surface area contributed by atoms with Crippen molar-refractivity contribution in [2.75, 3.05) is 0 Å². The third-order valence-corrected chi connectivity index (χ3v) is 22.0. The van der Waals surface area contributed by atoms with Crippen LogP contribution in [-0.2, 0) is 0 Å². The summed E-state index contributed by atoms with van der Waals surface area (Å²) in [6.45, 7) is 65.1. The van der Waals surface area contributed by atoms with E-state index in [9.17, 15) is 171 Å². The van der Waals surface area contributed by atoms with Gasteiger partial charge >= 0.3 is 80.3 Å². The van der Waals surface area contributed by atoms with E-state index < -0.39 is 171 Å². The van der Waals surface area contributed by atoms with Crippen LogP contribution in [-0.4, -0.2) is 80.3 Å². The smallest absolute Gasteiger partial charge is 0.171 e. The third-order valence-electron chi connectivity index (χ3n) is 22.0. The topological polar surface area (TPSA) is 0 Å². The maximum Gasteiger partial charge on any atom is 0.400 e. The second-order valence-electron chi connectivity index (χ2n) is 39.3. The number of hydrogen-bond acceptors (Lipinski definition) is 0. The minimum atomic E-state index is -5.19. The molecule has 0 N–H and O–H groups in total. The first-order valence-corrected chi connectivity index (χ1v) is 46.6. The third kappa shape index (κ3) is 118. The van der Waals surface area contributed by atoms with Gasteiger partial charge in [-0.25, -0.2) is 0 Å². The van der Waals surface area contributed by atoms with Crippen molar-refractivity contribution in [3.05, 3.63) is 0 Å². The maximum atomic E-state index is 12.1. The van der Waals surface area contributed by atoms with Crippen molar-refractivity contribution in [2.24, 2.45) is 98.1 Å². The van der Waals surface area contributed by atoms with E-state index in [1.807, 2.05) is 20.8 Å². The molecule has 832 valence electrons. The highest BCUT2D eigenvalue weighted by Gasteiger charge is 2.57. The van der Waals surface area contributed by atoms with Gasteiger partial charge < -0.3 is 0 Å². The molecular weight excluding hydrogens is 1880 g/mol. The maximum absolute atomic E-state index is 12.1. The van der Waals surface area contributed by atoms with Crippen molar-refractivity contribution in [3.63, 3.8) is 0 Å². The Kier molecular flexibility index (Phi) is 91.8. The van der Waals surface area contributed by atoms with E-state index in [4.69, 9.17) is 0 Å². The van der Waals surface area contributed by atoms with E-state index in [1.54, 1.807) is 96.9 Å². The van der Waals surface area contributed by atoms with Gasteiger partial charge in [-0.3, -0.25) is 0 Å². The lowest BCUT2D eigenvalue weighted by molar-refractivity contribution is -0.288. The van der Waals surface area contributed by atoms with Crippen LogP contribution in [0, 0.1) is 98.1 Å². The fraction of sp³-hybridized carbons (Fsp3) is 1.00. The lowest BCUT2D eigenvalue weighted by Crippen LogP contribution is -2.37. The van der Waals surface area contributed by atoms with Gasteiger partial charge in [0.1, 0.15) is 0 Å². The second kappa shape index (κ2) is 76.0. The van der Waals surface area contributed by atoms with Gasteiger partial charge in [0.2, 0.25) is 0 Å². The largest absolute Gasteiger partial charge is 0.400 e. The number of alkyl halides is 39. The van der Waals surface area contributed by atoms with Gasteiger partial charge in [-0.2, -0.15) is 171 Å². The van der Waals surface area contributed by atoms with E-state index in [-0.39, 0.29) is 55.3 Å². The summed E-state index contributed by atoms with van der Waals surface area (Å²) in [6.07, 6.45) is -45.8. The summed E-state index contributed by atoms with van der Waals surface area (Å²) in [5, 5.41) is 0. The van der Waals surface area contributed by atoms with Gasteiger partial charge in [0.25, 0.3) is 0 Å². The molecule has 0 bridgehead atoms. The molecule has 0 radical (unpaired) electrons. The standard InChI is InChI=1S/2C7H10F6.9C7H13F3.3C6H14/c1-4(2)3-5(6(8,9)10)7(11,12)13;1-2-3-4-5(6(8,9)10)7(11,12)13;1-5(2)6(3,4)7(8,9)10;1-4-6(2,3)5-7(8,9)10;1-4-5-6(2,3)7(8,9)10;2*1-4-5(2)6(3)7(8,9)10;1-3-4-6(2)5-7(8,9)10;1-3-4-5-6(2)7(8,9)10;1-3-6(4-2)5-7(8,9)10;1-2-3-4-5-6-7(8,9)10;2*1-5-6(2,3)4;1-4-6(3)5-2/h4-5H,3H2,1-2H3;5H,2-4H2,1H3;5H,1-4H3;2*4-5H2,1-3H3;2*5-6H,4H2,1-3H3;3*6H,3-5H2,1-2H3;2-6H2,1H3;2*5H2,1-4H3;6H,4-5H2,1-3H3/t;;;;;5?,6-;5-,6?;2*6-;;;;;/m.....1000...../s1. The zero-order valence-corrected chi connectivity index (χ0v) is 87.5. The van der Waals surface area contributed by atoms with Gasteiger partial charge in [-0.05, 0) is 89.8 Å². The molecule has 0 saturated heterocycles. The summed E-state index contributed by atoms with van der Waals surface area (Å²) < 4.78 is 461. The highest BCUT2D eigenvalue weighted by Crippen LogP contribution is 2.47. The Morgan fingerprint density at radius 2 is 0.560 bits per heavy atom. The molecule has 0 spiro atoms. The molecule has 0 fully saturated rings. The van der Waals surface area contributed by atoms with Gasteiger partial charge in [-0.1, -0.05) is 378 Å². The summed E-state index contributed by atoms with van der Waals surface area (Å²) in [5.41, 5.74) is -2.59. The number of halogens is 39. The van der Waals surface area contributed by atoms with Crippen molar-refractivity contribution in [1.82, 2.24) is 0 Å². The van der Waals surface area contributed by atoms with Crippen molar-refractivity contribution >= 4 is 0 Å². The van der Waals surface area contributed by atoms with E-state index >= 15 is 0 Å². The molecule has 0 aliphatic carbocycles. The Labute approximate surface area is 783 Å². The molecule has 0 aliphatic heterocycles. The van der Waals surface area contributed by atoms with Crippen molar-refractivity contribution in [2.45, 2.75) is 516 Å². The molecule has 0 heterocycles. The highest BCUT2D eigenvalue weighted by molar-refractivity contribution is 4.81. The summed E-state index contributed by atoms with van der Waals surface area (Å²) in [4.78, 5) is 0. The first-order chi connectivity index (χ1) is 58.7. The SMILES string of the molecule is CC(C)C(C)(C)C(F)(F)F.CC(C)CC(C(F)(F)F)C(F)(F)F.CCC(C)(C)C.CCC(C)(C)C.CCC(C)(C)CC(F)(F)F.CCC(C)CC.CCC(C)[C@@H](C)C(F)(F)F.CCC(CC)CC(F)(F)F.CCCC(C)(C)C(F)(F)F.CCCCC(C(F)(F)F)C(F)(F)F.CCCCCCC(F)(F)F.CCCC[C@H](C)C(F)(F)F.CCC[C@H](C)CC(F)(F)F.CC[C@H](C)C(C)C(F)(F)F. The number of rotatable bonds is 29. The van der Waals surface area contributed by atoms with Crippen LogP contribution in [0.3, 0.4) is 0 Å². The minimum absolute atomic E-state index is 0.0658. The monoisotopic (exact) mass is 2060 g/mol. The highest BCUT2D eigenvalue weighted by atomic mass is 19.5. The average molecular weight is 2060 g/mol. The number of unbranched alkanes of at least 4 members (excludes halogenated alkanes) is 5. The Hall–Kier alpha value is -2.73. The van der Waals surface area contributed by atoms with Crippen molar-refractivity contribution < 1.29 is 171 Å². The molecule has 0 rings (SSSR count). The zero-order chi connectivity index (χ0) is 112. The van der Waals surface area contributed by atoms with Crippen LogP contribution >= 0.6 is 0 Å². The van der Waals surface area contributed by atoms with Crippen LogP contribution in [0.2, 0.25) is 0 Å². The molecule has 0 aliphatic rings. The molecule has 134 heavy (non-hydrogen) atoms. The Morgan fingerprint density at radius 3 is 0.694 bits per heavy atom. The van der Waals surface area contributed by atoms with Gasteiger partial charge in [0.05, 0.1) is 28.6 Å². The fourth-order valence-corrected chi connectivity index (χ4v) is 8.57. The Bertz CT molecular complexity index is 2430. The predicted octanol–water partition coefficient (Wildman–Crippen LogP) is 45.1. The second-order valence-corrected chi connectivity index (χ2v) is 39.3. The minimum Gasteiger partial charge on any atom is -0.171 e. The summed E-state index contributed by atoms with van der Waals surface area (Å²) >= 11 is 0. The quantitative estimate of drug-likeness (QED) is 0.0517. The van der Waals surface area contributed by atoms with E-state index in [0.717, 1.165) is 31.6 Å². The molecule has 6 atom stereocenters. The van der Waals surface area contributed by atoms with Crippen LogP contribution in [0.25, 0.3) is 0 Å². The van der Waals surface area contributed by atoms with E-state index in [0.29, 0.717) is 75.0 Å². The van der Waals surface area contributed by atoms with Crippen LogP contribution in [0.15, 0.2) is 0 Å². The van der Waals surface area contributed by atoms with Crippen LogP contribution in [0.5, 0.6) is 0 Å². The molecule has 0 saturated carbocycles. The Morgan fingerprint density at radius 1 is 0.246 bits per heavy atom. The normalized spacial score (nSPS) is 14.3. The fourth-order valence-electron chi connectivity index (χ4n) is 8.57. The average Bonchev–Trinajstić information content (AvgIpc) is 0.831. The van der Waals surface area contributed by atoms with Crippen LogP contribution in [0.4, 0.5) is 171 Å². The Balaban J connectivity index is -0.0000000969. The van der Waals surface area contributed by atoms with Crippen molar-refractivity contribution in [3.8, 4) is 0 Å². The lowest BCUT2D eigenvalue weighted by Gasteiger charge is -2.31. The lowest BCUT2D eigenvalue weighted by atomic mass is 9.81. The molecule has 0 aromatic heterocycles. The zero-order valence-electron chi connectivity index (χ0n) is 87.5. The molecule has 0 aromatic rings. The summed E-state index contributed by atoms with van der Waals surface area (Å²) in [5.74, 6) is -10.8. The molecule has 0 nitrogen and oxygen atoms in total. The first-order valence-electron chi connectivity index (χ1n) is 46.6. The van der Waals surface area contributed by atoms with Crippen molar-refractivity contribution in [1.29, 1.82) is 0 Å². The predicted molar refractivity (Wildman–Crippen MR) is 472 cm³/mol. The summed E-state index contributed by atoms with van der Waals surface area (Å²) in [7, 11) is 0. The van der Waals surface area contributed by atoms with Crippen LogP contribution in [0.1, 0.15) is 436 Å². The van der Waals surface area contributed by atoms with E-state index in [2.05, 4.69) is 76.2 Å². The molecule has 39 heteroatoms. The van der Waals surface area contributed by atoms with Gasteiger partial charge in [-0.15, -0.1) is 0 Å². The summed E-state index contributed by atoms with van der Waals surface area (Å²) in [6, 6.07) is 0. The molecule has 2 unspecified atom stereocenters. The van der Waals surface area contributed by atoms with Gasteiger partial charge in [0, 0.05) is 25.7 Å². The van der Waals surface area contributed by atoms with Gasteiger partial charge in [0.15, 0.2) is 11.8 Å². The molecule has 0 aromatic carbocycles. The number of hydrogen-bond donors (Lipinski definition) is 0. The molecular formula is C95H179F39. The van der Waals surface area contributed by atoms with Crippen LogP contribution < -0.4 is 0 Å². The first kappa shape index (κ1) is 162. The molecule has 0 amide bonds. The van der Waals surface area contributed by atoms with E-state index in [1.165, 1.54) is 88.0 Å².